The Morgan fingerprint density at radius 2 is 2.29 bits per heavy atom. The lowest BCUT2D eigenvalue weighted by Crippen LogP contribution is -2.21. The summed E-state index contributed by atoms with van der Waals surface area (Å²) in [6.45, 7) is 2.47. The summed E-state index contributed by atoms with van der Waals surface area (Å²) in [4.78, 5) is 12.3. The van der Waals surface area contributed by atoms with Crippen molar-refractivity contribution in [1.29, 1.82) is 0 Å². The number of amides is 1. The summed E-state index contributed by atoms with van der Waals surface area (Å²) in [5.41, 5.74) is 0. The number of carbonyl (C=O) groups is 1. The molecule has 0 saturated carbocycles. The molecule has 0 aliphatic carbocycles. The molecule has 2 aromatic rings. The molecule has 2 rings (SSSR count). The van der Waals surface area contributed by atoms with Crippen LogP contribution in [0, 0.1) is 0 Å². The van der Waals surface area contributed by atoms with Gasteiger partial charge in [-0.2, -0.15) is 0 Å². The zero-order valence-electron chi connectivity index (χ0n) is 9.54. The van der Waals surface area contributed by atoms with Crippen LogP contribution < -0.4 is 10.1 Å². The molecule has 0 fully saturated rings. The van der Waals surface area contributed by atoms with Gasteiger partial charge in [0.25, 0.3) is 5.91 Å². The molecule has 90 valence electrons. The van der Waals surface area contributed by atoms with Crippen molar-refractivity contribution in [3.05, 3.63) is 28.1 Å². The van der Waals surface area contributed by atoms with Gasteiger partial charge in [-0.3, -0.25) is 4.79 Å². The molecular formula is C12H12ClNO2S. The molecule has 1 N–H and O–H groups in total. The molecule has 0 spiro atoms. The fourth-order valence-electron chi connectivity index (χ4n) is 1.56. The predicted molar refractivity (Wildman–Crippen MR) is 71.4 cm³/mol. The van der Waals surface area contributed by atoms with Crippen molar-refractivity contribution in [2.75, 3.05) is 13.7 Å². The summed E-state index contributed by atoms with van der Waals surface area (Å²) in [5, 5.41) is 4.15. The highest BCUT2D eigenvalue weighted by molar-refractivity contribution is 7.21. The third-order valence-corrected chi connectivity index (χ3v) is 4.04. The van der Waals surface area contributed by atoms with Crippen LogP contribution in [0.15, 0.2) is 18.2 Å². The van der Waals surface area contributed by atoms with Crippen molar-refractivity contribution in [2.45, 2.75) is 6.92 Å². The van der Waals surface area contributed by atoms with Gasteiger partial charge in [0, 0.05) is 16.6 Å². The minimum Gasteiger partial charge on any atom is -0.497 e. The van der Waals surface area contributed by atoms with E-state index in [2.05, 4.69) is 5.32 Å². The number of benzene rings is 1. The molecule has 0 saturated heterocycles. The second kappa shape index (κ2) is 4.94. The Bertz CT molecular complexity index is 565. The number of nitrogens with one attached hydrogen (secondary N) is 1. The predicted octanol–water partition coefficient (Wildman–Crippen LogP) is 3.31. The van der Waals surface area contributed by atoms with E-state index < -0.39 is 0 Å². The molecule has 0 atom stereocenters. The maximum atomic E-state index is 11.8. The summed E-state index contributed by atoms with van der Waals surface area (Å²) in [7, 11) is 1.61. The van der Waals surface area contributed by atoms with E-state index in [9.17, 15) is 4.79 Å². The first-order valence-corrected chi connectivity index (χ1v) is 6.41. The Hall–Kier alpha value is -1.26. The number of fused-ring (bicyclic) bond motifs is 1. The van der Waals surface area contributed by atoms with Gasteiger partial charge in [0.15, 0.2) is 0 Å². The first-order chi connectivity index (χ1) is 8.17. The standard InChI is InChI=1S/C12H12ClNO2S/c1-3-14-12(15)11-10(13)8-5-4-7(16-2)6-9(8)17-11/h4-6H,3H2,1-2H3,(H,14,15). The summed E-state index contributed by atoms with van der Waals surface area (Å²) in [6.07, 6.45) is 0. The average Bonchev–Trinajstić information content (AvgIpc) is 2.66. The van der Waals surface area contributed by atoms with Crippen molar-refractivity contribution in [2.24, 2.45) is 0 Å². The van der Waals surface area contributed by atoms with Gasteiger partial charge in [-0.05, 0) is 25.1 Å². The van der Waals surface area contributed by atoms with Gasteiger partial charge in [-0.1, -0.05) is 11.6 Å². The fourth-order valence-corrected chi connectivity index (χ4v) is 3.02. The van der Waals surface area contributed by atoms with E-state index in [0.717, 1.165) is 15.8 Å². The van der Waals surface area contributed by atoms with Crippen molar-refractivity contribution in [3.63, 3.8) is 0 Å². The first kappa shape index (κ1) is 12.2. The van der Waals surface area contributed by atoms with Crippen LogP contribution in [0.25, 0.3) is 10.1 Å². The van der Waals surface area contributed by atoms with Crippen molar-refractivity contribution in [3.8, 4) is 5.75 Å². The van der Waals surface area contributed by atoms with Crippen LogP contribution in [0.5, 0.6) is 5.75 Å². The molecule has 0 aliphatic heterocycles. The van der Waals surface area contributed by atoms with Crippen LogP contribution in [-0.2, 0) is 0 Å². The molecule has 5 heteroatoms. The van der Waals surface area contributed by atoms with Crippen molar-refractivity contribution >= 4 is 38.9 Å². The maximum absolute atomic E-state index is 11.8. The minimum atomic E-state index is -0.127. The Kier molecular flexibility index (Phi) is 3.54. The van der Waals surface area contributed by atoms with Gasteiger partial charge in [-0.15, -0.1) is 11.3 Å². The Labute approximate surface area is 108 Å². The van der Waals surface area contributed by atoms with E-state index in [4.69, 9.17) is 16.3 Å². The lowest BCUT2D eigenvalue weighted by atomic mass is 10.2. The quantitative estimate of drug-likeness (QED) is 0.928. The molecule has 1 aromatic carbocycles. The monoisotopic (exact) mass is 269 g/mol. The number of halogens is 1. The maximum Gasteiger partial charge on any atom is 0.262 e. The van der Waals surface area contributed by atoms with Gasteiger partial charge < -0.3 is 10.1 Å². The molecule has 1 heterocycles. The van der Waals surface area contributed by atoms with Crippen molar-refractivity contribution in [1.82, 2.24) is 5.32 Å². The molecule has 0 aliphatic rings. The molecule has 0 unspecified atom stereocenters. The average molecular weight is 270 g/mol. The summed E-state index contributed by atoms with van der Waals surface area (Å²) in [6, 6.07) is 5.59. The normalized spacial score (nSPS) is 10.5. The van der Waals surface area contributed by atoms with Gasteiger partial charge in [0.05, 0.1) is 12.1 Å². The van der Waals surface area contributed by atoms with Crippen LogP contribution in [0.4, 0.5) is 0 Å². The molecule has 1 amide bonds. The lowest BCUT2D eigenvalue weighted by Gasteiger charge is -1.98. The molecule has 0 bridgehead atoms. The number of methoxy groups -OCH3 is 1. The third kappa shape index (κ3) is 2.23. The number of ether oxygens (including phenoxy) is 1. The summed E-state index contributed by atoms with van der Waals surface area (Å²) in [5.74, 6) is 0.635. The second-order valence-electron chi connectivity index (χ2n) is 3.47. The van der Waals surface area contributed by atoms with Gasteiger partial charge >= 0.3 is 0 Å². The number of thiophene rings is 1. The highest BCUT2D eigenvalue weighted by atomic mass is 35.5. The zero-order valence-corrected chi connectivity index (χ0v) is 11.1. The Morgan fingerprint density at radius 3 is 2.94 bits per heavy atom. The SMILES string of the molecule is CCNC(=O)c1sc2cc(OC)ccc2c1Cl. The number of rotatable bonds is 3. The van der Waals surface area contributed by atoms with E-state index in [1.54, 1.807) is 7.11 Å². The van der Waals surface area contributed by atoms with E-state index in [1.807, 2.05) is 25.1 Å². The third-order valence-electron chi connectivity index (χ3n) is 2.38. The number of carbonyl (C=O) groups excluding carboxylic acids is 1. The summed E-state index contributed by atoms with van der Waals surface area (Å²) >= 11 is 7.57. The molecule has 17 heavy (non-hydrogen) atoms. The number of hydrogen-bond acceptors (Lipinski definition) is 3. The van der Waals surface area contributed by atoms with Crippen LogP contribution in [-0.4, -0.2) is 19.6 Å². The van der Waals surface area contributed by atoms with Crippen LogP contribution in [0.1, 0.15) is 16.6 Å². The summed E-state index contributed by atoms with van der Waals surface area (Å²) < 4.78 is 6.10. The Balaban J connectivity index is 2.52. The van der Waals surface area contributed by atoms with Gasteiger partial charge in [0.1, 0.15) is 10.6 Å². The highest BCUT2D eigenvalue weighted by Crippen LogP contribution is 2.37. The van der Waals surface area contributed by atoms with Crippen LogP contribution >= 0.6 is 22.9 Å². The molecule has 1 aromatic heterocycles. The van der Waals surface area contributed by atoms with E-state index in [1.165, 1.54) is 11.3 Å². The zero-order chi connectivity index (χ0) is 12.4. The number of hydrogen-bond donors (Lipinski definition) is 1. The lowest BCUT2D eigenvalue weighted by molar-refractivity contribution is 0.0960. The minimum absolute atomic E-state index is 0.127. The molecule has 3 nitrogen and oxygen atoms in total. The van der Waals surface area contributed by atoms with E-state index >= 15 is 0 Å². The molecular weight excluding hydrogens is 258 g/mol. The van der Waals surface area contributed by atoms with E-state index in [0.29, 0.717) is 16.4 Å². The van der Waals surface area contributed by atoms with E-state index in [-0.39, 0.29) is 5.91 Å². The topological polar surface area (TPSA) is 38.3 Å². The van der Waals surface area contributed by atoms with Crippen LogP contribution in [0.3, 0.4) is 0 Å². The highest BCUT2D eigenvalue weighted by Gasteiger charge is 2.16. The van der Waals surface area contributed by atoms with Crippen LogP contribution in [0.2, 0.25) is 5.02 Å². The fraction of sp³-hybridized carbons (Fsp3) is 0.250. The second-order valence-corrected chi connectivity index (χ2v) is 4.90. The molecule has 0 radical (unpaired) electrons. The smallest absolute Gasteiger partial charge is 0.262 e. The van der Waals surface area contributed by atoms with Crippen molar-refractivity contribution < 1.29 is 9.53 Å². The van der Waals surface area contributed by atoms with Gasteiger partial charge in [0.2, 0.25) is 0 Å². The first-order valence-electron chi connectivity index (χ1n) is 5.21. The Morgan fingerprint density at radius 1 is 1.53 bits per heavy atom. The van der Waals surface area contributed by atoms with Gasteiger partial charge in [-0.25, -0.2) is 0 Å². The largest absolute Gasteiger partial charge is 0.497 e.